The van der Waals surface area contributed by atoms with Gasteiger partial charge in [-0.1, -0.05) is 12.1 Å². The van der Waals surface area contributed by atoms with Gasteiger partial charge in [0.15, 0.2) is 5.76 Å². The van der Waals surface area contributed by atoms with E-state index in [1.165, 1.54) is 27.8 Å². The number of amides is 1. The van der Waals surface area contributed by atoms with E-state index in [1.54, 1.807) is 13.2 Å². The molecule has 3 aromatic rings. The summed E-state index contributed by atoms with van der Waals surface area (Å²) in [6.07, 6.45) is 4.92. The SMILES string of the molecule is COc1ccc(C(NC(=O)c2ccc(Cc3c(C)c(C)c4c(c3C)CCC(C)(C)O4)o2)C2CC2)cc1. The zero-order chi connectivity index (χ0) is 25.6. The molecule has 36 heavy (non-hydrogen) atoms. The molecule has 2 aromatic carbocycles. The fraction of sp³-hybridized carbons (Fsp3) is 0.452. The van der Waals surface area contributed by atoms with E-state index in [-0.39, 0.29) is 17.6 Å². The molecule has 1 aliphatic heterocycles. The molecule has 0 saturated heterocycles. The maximum Gasteiger partial charge on any atom is 0.287 e. The number of rotatable bonds is 7. The molecule has 0 spiro atoms. The first-order valence-corrected chi connectivity index (χ1v) is 13.0. The van der Waals surface area contributed by atoms with Crippen molar-refractivity contribution < 1.29 is 18.7 Å². The van der Waals surface area contributed by atoms with Crippen LogP contribution in [0.3, 0.4) is 0 Å². The Morgan fingerprint density at radius 3 is 2.44 bits per heavy atom. The maximum atomic E-state index is 13.1. The van der Waals surface area contributed by atoms with E-state index in [0.29, 0.717) is 18.1 Å². The first-order chi connectivity index (χ1) is 17.2. The Morgan fingerprint density at radius 1 is 1.06 bits per heavy atom. The van der Waals surface area contributed by atoms with Crippen molar-refractivity contribution in [2.24, 2.45) is 5.92 Å². The van der Waals surface area contributed by atoms with Crippen LogP contribution in [0.5, 0.6) is 11.5 Å². The molecule has 1 amide bonds. The number of carbonyl (C=O) groups is 1. The number of hydrogen-bond donors (Lipinski definition) is 1. The second kappa shape index (κ2) is 9.34. The number of methoxy groups -OCH3 is 1. The van der Waals surface area contributed by atoms with Gasteiger partial charge in [0.25, 0.3) is 5.91 Å². The average Bonchev–Trinajstić information content (AvgIpc) is 3.60. The minimum absolute atomic E-state index is 0.0195. The first-order valence-electron chi connectivity index (χ1n) is 13.0. The normalized spacial score (nSPS) is 17.2. The number of carbonyl (C=O) groups excluding carboxylic acids is 1. The van der Waals surface area contributed by atoms with Gasteiger partial charge in [0, 0.05) is 6.42 Å². The van der Waals surface area contributed by atoms with Crippen LogP contribution in [0.2, 0.25) is 0 Å². The van der Waals surface area contributed by atoms with E-state index >= 15 is 0 Å². The van der Waals surface area contributed by atoms with Crippen LogP contribution in [0.15, 0.2) is 40.8 Å². The van der Waals surface area contributed by atoms with Crippen LogP contribution in [0, 0.1) is 26.7 Å². The molecule has 2 heterocycles. The fourth-order valence-corrected chi connectivity index (χ4v) is 5.41. The predicted molar refractivity (Wildman–Crippen MR) is 141 cm³/mol. The Balaban J connectivity index is 1.34. The molecule has 190 valence electrons. The van der Waals surface area contributed by atoms with Gasteiger partial charge in [0.2, 0.25) is 0 Å². The lowest BCUT2D eigenvalue weighted by Gasteiger charge is -2.35. The first kappa shape index (κ1) is 24.5. The van der Waals surface area contributed by atoms with Gasteiger partial charge in [-0.2, -0.15) is 0 Å². The standard InChI is InChI=1S/C31H37NO4/c1-18-19(2)29-25(15-16-31(4,5)36-29)20(3)26(18)17-24-13-14-27(35-24)30(33)32-28(21-7-8-21)22-9-11-23(34-6)12-10-22/h9-14,21,28H,7-8,15-17H2,1-6H3,(H,32,33). The van der Waals surface area contributed by atoms with Crippen LogP contribution in [-0.2, 0) is 12.8 Å². The number of hydrogen-bond acceptors (Lipinski definition) is 4. The van der Waals surface area contributed by atoms with E-state index in [4.69, 9.17) is 13.9 Å². The second-order valence-corrected chi connectivity index (χ2v) is 11.0. The number of furan rings is 1. The third-order valence-electron chi connectivity index (χ3n) is 7.98. The fourth-order valence-electron chi connectivity index (χ4n) is 5.41. The average molecular weight is 488 g/mol. The highest BCUT2D eigenvalue weighted by atomic mass is 16.5. The number of fused-ring (bicyclic) bond motifs is 1. The highest BCUT2D eigenvalue weighted by Gasteiger charge is 2.34. The number of nitrogens with one attached hydrogen (secondary N) is 1. The van der Waals surface area contributed by atoms with Crippen LogP contribution in [-0.4, -0.2) is 18.6 Å². The molecule has 5 rings (SSSR count). The Kier molecular flexibility index (Phi) is 6.36. The van der Waals surface area contributed by atoms with Crippen LogP contribution in [0.1, 0.15) is 88.8 Å². The molecule has 1 saturated carbocycles. The van der Waals surface area contributed by atoms with Gasteiger partial charge < -0.3 is 19.2 Å². The minimum atomic E-state index is -0.167. The topological polar surface area (TPSA) is 60.7 Å². The third kappa shape index (κ3) is 4.76. The Labute approximate surface area is 214 Å². The van der Waals surface area contributed by atoms with Gasteiger partial charge in [-0.25, -0.2) is 0 Å². The van der Waals surface area contributed by atoms with E-state index in [1.807, 2.05) is 30.3 Å². The monoisotopic (exact) mass is 487 g/mol. The quantitative estimate of drug-likeness (QED) is 0.399. The van der Waals surface area contributed by atoms with Crippen molar-refractivity contribution in [3.63, 3.8) is 0 Å². The van der Waals surface area contributed by atoms with Gasteiger partial charge in [-0.3, -0.25) is 4.79 Å². The molecule has 1 atom stereocenters. The predicted octanol–water partition coefficient (Wildman–Crippen LogP) is 6.79. The van der Waals surface area contributed by atoms with Crippen LogP contribution >= 0.6 is 0 Å². The molecule has 5 heteroatoms. The van der Waals surface area contributed by atoms with Crippen molar-refractivity contribution in [3.05, 3.63) is 81.3 Å². The lowest BCUT2D eigenvalue weighted by Crippen LogP contribution is -2.33. The van der Waals surface area contributed by atoms with E-state index < -0.39 is 0 Å². The van der Waals surface area contributed by atoms with Crippen molar-refractivity contribution in [2.75, 3.05) is 7.11 Å². The zero-order valence-corrected chi connectivity index (χ0v) is 22.3. The van der Waals surface area contributed by atoms with Gasteiger partial charge in [0.1, 0.15) is 22.9 Å². The van der Waals surface area contributed by atoms with Crippen LogP contribution < -0.4 is 14.8 Å². The summed E-state index contributed by atoms with van der Waals surface area (Å²) in [6, 6.07) is 11.7. The molecule has 0 radical (unpaired) electrons. The van der Waals surface area contributed by atoms with Crippen molar-refractivity contribution in [1.29, 1.82) is 0 Å². The molecule has 2 aliphatic rings. The Morgan fingerprint density at radius 2 is 1.78 bits per heavy atom. The van der Waals surface area contributed by atoms with E-state index in [2.05, 4.69) is 39.9 Å². The second-order valence-electron chi connectivity index (χ2n) is 11.0. The van der Waals surface area contributed by atoms with Crippen LogP contribution in [0.4, 0.5) is 0 Å². The van der Waals surface area contributed by atoms with E-state index in [0.717, 1.165) is 48.5 Å². The summed E-state index contributed by atoms with van der Waals surface area (Å²) >= 11 is 0. The summed E-state index contributed by atoms with van der Waals surface area (Å²) < 4.78 is 17.7. The summed E-state index contributed by atoms with van der Waals surface area (Å²) in [5, 5.41) is 3.22. The molecule has 5 nitrogen and oxygen atoms in total. The van der Waals surface area contributed by atoms with Crippen molar-refractivity contribution in [1.82, 2.24) is 5.32 Å². The number of benzene rings is 2. The summed E-state index contributed by atoms with van der Waals surface area (Å²) in [5.74, 6) is 3.32. The van der Waals surface area contributed by atoms with Crippen molar-refractivity contribution in [2.45, 2.75) is 78.4 Å². The summed E-state index contributed by atoms with van der Waals surface area (Å²) in [4.78, 5) is 13.1. The van der Waals surface area contributed by atoms with Crippen molar-refractivity contribution >= 4 is 5.91 Å². The lowest BCUT2D eigenvalue weighted by molar-refractivity contribution is 0.0833. The molecule has 1 N–H and O–H groups in total. The molecule has 1 aliphatic carbocycles. The van der Waals surface area contributed by atoms with Gasteiger partial charge >= 0.3 is 0 Å². The summed E-state index contributed by atoms with van der Waals surface area (Å²) in [7, 11) is 1.66. The largest absolute Gasteiger partial charge is 0.497 e. The molecular weight excluding hydrogens is 450 g/mol. The minimum Gasteiger partial charge on any atom is -0.497 e. The Hall–Kier alpha value is -3.21. The molecule has 1 unspecified atom stereocenters. The Bertz CT molecular complexity index is 1280. The summed E-state index contributed by atoms with van der Waals surface area (Å²) in [5.41, 5.74) is 7.26. The van der Waals surface area contributed by atoms with Gasteiger partial charge in [-0.05, 0) is 124 Å². The summed E-state index contributed by atoms with van der Waals surface area (Å²) in [6.45, 7) is 10.8. The van der Waals surface area contributed by atoms with Crippen molar-refractivity contribution in [3.8, 4) is 11.5 Å². The molecular formula is C31H37NO4. The molecule has 1 fully saturated rings. The van der Waals surface area contributed by atoms with Gasteiger partial charge in [-0.15, -0.1) is 0 Å². The maximum absolute atomic E-state index is 13.1. The zero-order valence-electron chi connectivity index (χ0n) is 22.3. The third-order valence-corrected chi connectivity index (χ3v) is 7.98. The highest BCUT2D eigenvalue weighted by molar-refractivity contribution is 5.91. The smallest absolute Gasteiger partial charge is 0.287 e. The number of ether oxygens (including phenoxy) is 2. The van der Waals surface area contributed by atoms with Gasteiger partial charge in [0.05, 0.1) is 13.2 Å². The van der Waals surface area contributed by atoms with Crippen LogP contribution in [0.25, 0.3) is 0 Å². The lowest BCUT2D eigenvalue weighted by atomic mass is 9.84. The molecule has 1 aromatic heterocycles. The molecule has 0 bridgehead atoms. The van der Waals surface area contributed by atoms with E-state index in [9.17, 15) is 4.79 Å². The highest BCUT2D eigenvalue weighted by Crippen LogP contribution is 2.42.